The van der Waals surface area contributed by atoms with Crippen LogP contribution in [0.3, 0.4) is 0 Å². The minimum atomic E-state index is -4.60. The molecule has 0 spiro atoms. The molecule has 12 heteroatoms. The largest absolute Gasteiger partial charge is 0.416 e. The number of hydrogen-bond donors (Lipinski definition) is 3. The molecule has 206 valence electrons. The Morgan fingerprint density at radius 1 is 1.18 bits per heavy atom. The van der Waals surface area contributed by atoms with E-state index < -0.39 is 17.6 Å². The van der Waals surface area contributed by atoms with Gasteiger partial charge in [-0.3, -0.25) is 14.5 Å². The number of nitrogens with one attached hydrogen (secondary N) is 1. The van der Waals surface area contributed by atoms with Crippen molar-refractivity contribution in [1.82, 2.24) is 14.7 Å². The maximum absolute atomic E-state index is 13.6. The minimum Gasteiger partial charge on any atom is -0.397 e. The Labute approximate surface area is 224 Å². The van der Waals surface area contributed by atoms with E-state index in [4.69, 9.17) is 11.6 Å². The molecular formula is C27H31F3N8O. The highest BCUT2D eigenvalue weighted by molar-refractivity contribution is 6.05. The molecule has 0 atom stereocenters. The molecule has 1 saturated heterocycles. The van der Waals surface area contributed by atoms with E-state index in [0.717, 1.165) is 36.4 Å². The molecule has 0 radical (unpaired) electrons. The molecule has 0 bridgehead atoms. The number of aliphatic imine (C=N–C) groups is 1. The molecule has 3 aromatic rings. The number of carbonyl (C=O) groups is 1. The lowest BCUT2D eigenvalue weighted by Gasteiger charge is -2.19. The van der Waals surface area contributed by atoms with Gasteiger partial charge in [0.25, 0.3) is 5.91 Å². The smallest absolute Gasteiger partial charge is 0.397 e. The Morgan fingerprint density at radius 3 is 2.54 bits per heavy atom. The monoisotopic (exact) mass is 540 g/mol. The van der Waals surface area contributed by atoms with Crippen molar-refractivity contribution in [2.24, 2.45) is 23.6 Å². The van der Waals surface area contributed by atoms with E-state index in [1.165, 1.54) is 17.3 Å². The number of amidine groups is 1. The van der Waals surface area contributed by atoms with E-state index in [2.05, 4.69) is 15.4 Å². The summed E-state index contributed by atoms with van der Waals surface area (Å²) in [5.41, 5.74) is 8.84. The van der Waals surface area contributed by atoms with Gasteiger partial charge in [-0.05, 0) is 56.2 Å². The van der Waals surface area contributed by atoms with Crippen LogP contribution >= 0.6 is 0 Å². The van der Waals surface area contributed by atoms with Gasteiger partial charge in [0.1, 0.15) is 5.84 Å². The van der Waals surface area contributed by atoms with Crippen LogP contribution in [-0.2, 0) is 13.2 Å². The van der Waals surface area contributed by atoms with Gasteiger partial charge in [0.05, 0.1) is 28.8 Å². The van der Waals surface area contributed by atoms with E-state index in [-0.39, 0.29) is 16.9 Å². The summed E-state index contributed by atoms with van der Waals surface area (Å²) in [6.07, 6.45) is 0.105. The summed E-state index contributed by atoms with van der Waals surface area (Å²) in [6, 6.07) is 8.12. The van der Waals surface area contributed by atoms with Crippen molar-refractivity contribution in [1.29, 1.82) is 0 Å². The summed E-state index contributed by atoms with van der Waals surface area (Å²) in [6.45, 7) is 4.48. The summed E-state index contributed by atoms with van der Waals surface area (Å²) in [4.78, 5) is 19.4. The second-order valence-electron chi connectivity index (χ2n) is 9.53. The van der Waals surface area contributed by atoms with Crippen LogP contribution in [-0.4, -0.2) is 40.0 Å². The van der Waals surface area contributed by atoms with E-state index in [1.807, 2.05) is 25.8 Å². The zero-order valence-corrected chi connectivity index (χ0v) is 22.2. The summed E-state index contributed by atoms with van der Waals surface area (Å²) in [5.74, 6) is 6.37. The molecule has 2 heterocycles. The van der Waals surface area contributed by atoms with Crippen LogP contribution in [0, 0.1) is 13.8 Å². The van der Waals surface area contributed by atoms with Gasteiger partial charge in [-0.1, -0.05) is 6.07 Å². The Hall–Kier alpha value is -4.32. The molecule has 0 saturated carbocycles. The number of hydrogen-bond acceptors (Lipinski definition) is 6. The van der Waals surface area contributed by atoms with E-state index in [0.29, 0.717) is 29.2 Å². The van der Waals surface area contributed by atoms with E-state index in [9.17, 15) is 18.0 Å². The van der Waals surface area contributed by atoms with Gasteiger partial charge >= 0.3 is 6.18 Å². The van der Waals surface area contributed by atoms with Crippen LogP contribution in [0.2, 0.25) is 0 Å². The van der Waals surface area contributed by atoms with Gasteiger partial charge in [0.15, 0.2) is 0 Å². The van der Waals surface area contributed by atoms with E-state index >= 15 is 0 Å². The van der Waals surface area contributed by atoms with Crippen molar-refractivity contribution in [3.8, 4) is 0 Å². The van der Waals surface area contributed by atoms with Crippen LogP contribution in [0.1, 0.15) is 45.6 Å². The standard InChI is InChI=1S/C27H31F3N8O/c1-16-7-8-18(10-24(16)38(32)15-23(31)22-14-33-37(4)17(22)2)26(39)35-21-12-19(27(28,29)30)11-20(13-21)34-25-6-5-9-36(25)3/h7-8,10-15H,5-6,9,31-32H2,1-4H3,(H,35,39)/b23-15-,34-25?. The normalized spacial score (nSPS) is 15.2. The lowest BCUT2D eigenvalue weighted by Crippen LogP contribution is -2.27. The second-order valence-corrected chi connectivity index (χ2v) is 9.53. The Bertz CT molecular complexity index is 1460. The third-order valence-electron chi connectivity index (χ3n) is 6.67. The van der Waals surface area contributed by atoms with E-state index in [1.54, 1.807) is 36.1 Å². The third-order valence-corrected chi connectivity index (χ3v) is 6.67. The van der Waals surface area contributed by atoms with Crippen molar-refractivity contribution in [2.45, 2.75) is 32.9 Å². The van der Waals surface area contributed by atoms with Crippen LogP contribution in [0.15, 0.2) is 53.8 Å². The number of anilines is 2. The summed E-state index contributed by atoms with van der Waals surface area (Å²) < 4.78 is 42.6. The number of aromatic nitrogens is 2. The molecule has 9 nitrogen and oxygen atoms in total. The maximum atomic E-state index is 13.6. The Kier molecular flexibility index (Phi) is 7.68. The number of amides is 1. The number of nitrogens with zero attached hydrogens (tertiary/aromatic N) is 5. The van der Waals surface area contributed by atoms with Gasteiger partial charge < -0.3 is 16.0 Å². The highest BCUT2D eigenvalue weighted by atomic mass is 19.4. The molecule has 2 aromatic carbocycles. The fourth-order valence-corrected chi connectivity index (χ4v) is 4.30. The SMILES string of the molecule is Cc1ccc(C(=O)Nc2cc(N=C3CCCN3C)cc(C(F)(F)F)c2)cc1N(N)/C=C(\N)c1cnn(C)c1C. The minimum absolute atomic E-state index is 0.0160. The van der Waals surface area contributed by atoms with Crippen LogP contribution in [0.4, 0.5) is 30.2 Å². The van der Waals surface area contributed by atoms with Gasteiger partial charge in [-0.15, -0.1) is 0 Å². The topological polar surface area (TPSA) is 118 Å². The molecule has 5 N–H and O–H groups in total. The molecule has 1 fully saturated rings. The Balaban J connectivity index is 1.61. The lowest BCUT2D eigenvalue weighted by atomic mass is 10.1. The van der Waals surface area contributed by atoms with Gasteiger partial charge in [0.2, 0.25) is 0 Å². The predicted octanol–water partition coefficient (Wildman–Crippen LogP) is 4.70. The quantitative estimate of drug-likeness (QED) is 0.308. The summed E-state index contributed by atoms with van der Waals surface area (Å²) in [7, 11) is 3.64. The van der Waals surface area contributed by atoms with Crippen molar-refractivity contribution in [3.63, 3.8) is 0 Å². The number of aryl methyl sites for hydroxylation is 2. The van der Waals surface area contributed by atoms with Gasteiger partial charge in [-0.2, -0.15) is 18.3 Å². The molecule has 39 heavy (non-hydrogen) atoms. The average molecular weight is 541 g/mol. The zero-order valence-electron chi connectivity index (χ0n) is 22.2. The highest BCUT2D eigenvalue weighted by Crippen LogP contribution is 2.35. The van der Waals surface area contributed by atoms with Gasteiger partial charge in [0, 0.05) is 55.8 Å². The van der Waals surface area contributed by atoms with Crippen molar-refractivity contribution in [3.05, 3.63) is 76.7 Å². The molecule has 0 unspecified atom stereocenters. The number of rotatable bonds is 6. The summed E-state index contributed by atoms with van der Waals surface area (Å²) >= 11 is 0. The molecule has 1 aliphatic heterocycles. The number of benzene rings is 2. The number of hydrazine groups is 1. The van der Waals surface area contributed by atoms with Crippen LogP contribution in [0.5, 0.6) is 0 Å². The van der Waals surface area contributed by atoms with Gasteiger partial charge in [-0.25, -0.2) is 10.8 Å². The number of carbonyl (C=O) groups excluding carboxylic acids is 1. The number of nitrogens with two attached hydrogens (primary N) is 2. The third kappa shape index (κ3) is 6.23. The molecular weight excluding hydrogens is 509 g/mol. The first kappa shape index (κ1) is 27.7. The lowest BCUT2D eigenvalue weighted by molar-refractivity contribution is -0.137. The number of likely N-dealkylation sites (tertiary alicyclic amines) is 1. The van der Waals surface area contributed by atoms with Crippen molar-refractivity contribution in [2.75, 3.05) is 23.9 Å². The Morgan fingerprint density at radius 2 is 1.92 bits per heavy atom. The highest BCUT2D eigenvalue weighted by Gasteiger charge is 2.31. The summed E-state index contributed by atoms with van der Waals surface area (Å²) in [5, 5.41) is 8.05. The second kappa shape index (κ2) is 10.8. The van der Waals surface area contributed by atoms with Crippen molar-refractivity contribution < 1.29 is 18.0 Å². The van der Waals surface area contributed by atoms with Crippen molar-refractivity contribution >= 4 is 34.5 Å². The predicted molar refractivity (Wildman–Crippen MR) is 146 cm³/mol. The van der Waals surface area contributed by atoms with Crippen LogP contribution < -0.4 is 21.9 Å². The molecule has 0 aliphatic carbocycles. The number of alkyl halides is 3. The molecule has 4 rings (SSSR count). The number of halogens is 3. The molecule has 1 amide bonds. The first-order valence-corrected chi connectivity index (χ1v) is 12.3. The fourth-order valence-electron chi connectivity index (χ4n) is 4.30. The average Bonchev–Trinajstić information content (AvgIpc) is 3.42. The zero-order chi connectivity index (χ0) is 28.5. The maximum Gasteiger partial charge on any atom is 0.416 e. The first-order valence-electron chi connectivity index (χ1n) is 12.3. The molecule has 1 aliphatic rings. The molecule has 1 aromatic heterocycles. The van der Waals surface area contributed by atoms with Crippen LogP contribution in [0.25, 0.3) is 5.70 Å². The fraction of sp³-hybridized carbons (Fsp3) is 0.296. The first-order chi connectivity index (χ1) is 18.3.